The van der Waals surface area contributed by atoms with Crippen LogP contribution in [-0.2, 0) is 7.05 Å². The molecule has 3 heterocycles. The van der Waals surface area contributed by atoms with Crippen LogP contribution in [0, 0.1) is 0 Å². The summed E-state index contributed by atoms with van der Waals surface area (Å²) >= 11 is 5.71. The molecular formula is C19H14ClF4N7OS. The lowest BCUT2D eigenvalue weighted by Gasteiger charge is -2.18. The van der Waals surface area contributed by atoms with Gasteiger partial charge in [-0.05, 0) is 48.0 Å². The zero-order valence-corrected chi connectivity index (χ0v) is 18.5. The summed E-state index contributed by atoms with van der Waals surface area (Å²) in [5.74, 6) is 0.299. The second-order valence-electron chi connectivity index (χ2n) is 6.66. The first-order valence-electron chi connectivity index (χ1n) is 9.15. The van der Waals surface area contributed by atoms with E-state index in [1.807, 2.05) is 0 Å². The van der Waals surface area contributed by atoms with Crippen molar-refractivity contribution in [1.29, 1.82) is 0 Å². The van der Waals surface area contributed by atoms with Crippen LogP contribution < -0.4 is 13.9 Å². The van der Waals surface area contributed by atoms with Crippen molar-refractivity contribution >= 4 is 58.2 Å². The van der Waals surface area contributed by atoms with E-state index in [2.05, 4.69) is 24.7 Å². The van der Waals surface area contributed by atoms with Crippen molar-refractivity contribution in [3.63, 3.8) is 0 Å². The fraction of sp³-hybridized carbons (Fsp3) is 0.158. The number of imidazole rings is 1. The number of aryl methyl sites for hydroxylation is 1. The quantitative estimate of drug-likeness (QED) is 0.189. The molecule has 0 amide bonds. The Morgan fingerprint density at radius 3 is 2.42 bits per heavy atom. The van der Waals surface area contributed by atoms with Gasteiger partial charge in [0.25, 0.3) is 0 Å². The number of hydrogen-bond acceptors (Lipinski definition) is 8. The lowest BCUT2D eigenvalue weighted by atomic mass is 10.3. The maximum Gasteiger partial charge on any atom is 0.573 e. The van der Waals surface area contributed by atoms with Gasteiger partial charge in [0, 0.05) is 20.3 Å². The van der Waals surface area contributed by atoms with Gasteiger partial charge in [0.15, 0.2) is 18.0 Å². The van der Waals surface area contributed by atoms with Crippen molar-refractivity contribution in [2.45, 2.75) is 6.36 Å². The van der Waals surface area contributed by atoms with E-state index in [1.54, 1.807) is 41.9 Å². The van der Waals surface area contributed by atoms with Crippen molar-refractivity contribution in [2.75, 3.05) is 16.3 Å². The minimum absolute atomic E-state index is 0.0933. The molecule has 0 saturated heterocycles. The molecule has 0 bridgehead atoms. The van der Waals surface area contributed by atoms with Gasteiger partial charge in [-0.25, -0.2) is 24.2 Å². The highest BCUT2D eigenvalue weighted by atomic mass is 35.5. The number of hydrogen-bond donors (Lipinski definition) is 0. The molecule has 14 heteroatoms. The summed E-state index contributed by atoms with van der Waals surface area (Å²) in [5.41, 5.74) is 1.84. The van der Waals surface area contributed by atoms with Gasteiger partial charge in [-0.15, -0.1) is 17.1 Å². The Balaban J connectivity index is 1.66. The van der Waals surface area contributed by atoms with E-state index in [0.29, 0.717) is 22.7 Å². The number of nitrogens with zero attached hydrogens (tertiary/aromatic N) is 7. The lowest BCUT2D eigenvalue weighted by Crippen LogP contribution is -2.17. The van der Waals surface area contributed by atoms with Gasteiger partial charge in [0.05, 0.1) is 17.6 Å². The first-order chi connectivity index (χ1) is 15.7. The molecule has 0 fully saturated rings. The number of pyridine rings is 1. The van der Waals surface area contributed by atoms with E-state index in [9.17, 15) is 17.1 Å². The van der Waals surface area contributed by atoms with Crippen LogP contribution in [0.25, 0.3) is 11.2 Å². The molecule has 33 heavy (non-hydrogen) atoms. The van der Waals surface area contributed by atoms with Gasteiger partial charge in [0.1, 0.15) is 17.1 Å². The number of ether oxygens (including phenoxy) is 1. The third kappa shape index (κ3) is 4.88. The molecule has 0 aliphatic rings. The normalized spacial score (nSPS) is 11.6. The van der Waals surface area contributed by atoms with Gasteiger partial charge in [-0.3, -0.25) is 4.57 Å². The highest BCUT2D eigenvalue weighted by Gasteiger charge is 2.31. The molecule has 0 atom stereocenters. The molecule has 172 valence electrons. The lowest BCUT2D eigenvalue weighted by molar-refractivity contribution is -0.274. The fourth-order valence-corrected chi connectivity index (χ4v) is 3.60. The summed E-state index contributed by atoms with van der Waals surface area (Å²) in [5, 5.41) is 0.0933. The molecule has 0 aliphatic heterocycles. The van der Waals surface area contributed by atoms with Gasteiger partial charge in [-0.2, -0.15) is 0 Å². The van der Waals surface area contributed by atoms with Crippen LogP contribution in [0.5, 0.6) is 5.75 Å². The molecule has 0 N–H and O–H groups in total. The maximum atomic E-state index is 13.9. The Morgan fingerprint density at radius 2 is 1.79 bits per heavy atom. The maximum absolute atomic E-state index is 13.9. The standard InChI is InChI=1S/C19H14ClF4N7OS/c1-29(15-7-8-25-17(20)28-15)12-9-14-16(26-10-12)30(2)18(27-14)31(33-24)11-3-5-13(6-4-11)32-19(21,22)23/h3-10H,1-2H3. The van der Waals surface area contributed by atoms with E-state index in [-0.39, 0.29) is 29.3 Å². The van der Waals surface area contributed by atoms with E-state index >= 15 is 0 Å². The molecule has 1 aromatic carbocycles. The predicted molar refractivity (Wildman–Crippen MR) is 118 cm³/mol. The average molecular weight is 500 g/mol. The Morgan fingerprint density at radius 1 is 1.06 bits per heavy atom. The summed E-state index contributed by atoms with van der Waals surface area (Å²) in [4.78, 5) is 18.6. The Bertz CT molecular complexity index is 1290. The Labute approximate surface area is 194 Å². The summed E-state index contributed by atoms with van der Waals surface area (Å²) in [6, 6.07) is 8.17. The van der Waals surface area contributed by atoms with Crippen LogP contribution in [0.3, 0.4) is 0 Å². The van der Waals surface area contributed by atoms with E-state index in [1.165, 1.54) is 18.3 Å². The molecule has 0 aliphatic carbocycles. The fourth-order valence-electron chi connectivity index (χ4n) is 3.03. The molecule has 0 radical (unpaired) electrons. The van der Waals surface area contributed by atoms with E-state index in [4.69, 9.17) is 11.6 Å². The number of anilines is 4. The number of benzene rings is 1. The van der Waals surface area contributed by atoms with Crippen LogP contribution in [0.2, 0.25) is 5.28 Å². The van der Waals surface area contributed by atoms with Crippen molar-refractivity contribution in [3.8, 4) is 5.75 Å². The summed E-state index contributed by atoms with van der Waals surface area (Å²) in [6.07, 6.45) is -1.70. The largest absolute Gasteiger partial charge is 0.573 e. The topological polar surface area (TPSA) is 72.2 Å². The second kappa shape index (κ2) is 8.90. The average Bonchev–Trinajstić information content (AvgIpc) is 3.09. The van der Waals surface area contributed by atoms with Gasteiger partial charge >= 0.3 is 6.36 Å². The molecule has 4 aromatic rings. The van der Waals surface area contributed by atoms with Gasteiger partial charge in [-0.1, -0.05) is 0 Å². The van der Waals surface area contributed by atoms with Crippen LogP contribution in [0.4, 0.5) is 40.2 Å². The molecule has 0 saturated carbocycles. The summed E-state index contributed by atoms with van der Waals surface area (Å²) in [6.45, 7) is 0. The van der Waals surface area contributed by atoms with Crippen LogP contribution in [0.15, 0.2) is 48.8 Å². The zero-order chi connectivity index (χ0) is 23.8. The van der Waals surface area contributed by atoms with Gasteiger partial charge < -0.3 is 9.64 Å². The first-order valence-corrected chi connectivity index (χ1v) is 10.2. The van der Waals surface area contributed by atoms with Gasteiger partial charge in [0.2, 0.25) is 11.2 Å². The highest BCUT2D eigenvalue weighted by molar-refractivity contribution is 7.96. The third-order valence-corrected chi connectivity index (χ3v) is 5.26. The minimum atomic E-state index is -4.82. The first kappa shape index (κ1) is 22.9. The number of aromatic nitrogens is 5. The van der Waals surface area contributed by atoms with E-state index in [0.717, 1.165) is 16.4 Å². The molecule has 4 rings (SSSR count). The number of halogens is 5. The Hall–Kier alpha value is -3.32. The van der Waals surface area contributed by atoms with Crippen LogP contribution in [-0.4, -0.2) is 37.9 Å². The predicted octanol–water partition coefficient (Wildman–Crippen LogP) is 5.75. The monoisotopic (exact) mass is 499 g/mol. The van der Waals surface area contributed by atoms with E-state index < -0.39 is 12.1 Å². The van der Waals surface area contributed by atoms with Crippen LogP contribution >= 0.6 is 23.9 Å². The van der Waals surface area contributed by atoms with Crippen LogP contribution in [0.1, 0.15) is 0 Å². The summed E-state index contributed by atoms with van der Waals surface area (Å²) in [7, 11) is 3.41. The van der Waals surface area contributed by atoms with Crippen molar-refractivity contribution < 1.29 is 21.8 Å². The second-order valence-corrected chi connectivity index (χ2v) is 7.50. The van der Waals surface area contributed by atoms with Crippen molar-refractivity contribution in [3.05, 3.63) is 54.1 Å². The molecule has 8 nitrogen and oxygen atoms in total. The molecule has 0 spiro atoms. The smallest absolute Gasteiger partial charge is 0.406 e. The number of alkyl halides is 3. The minimum Gasteiger partial charge on any atom is -0.406 e. The molecular weight excluding hydrogens is 486 g/mol. The number of rotatable bonds is 6. The number of fused-ring (bicyclic) bond motifs is 1. The summed E-state index contributed by atoms with van der Waals surface area (Å²) < 4.78 is 57.6. The highest BCUT2D eigenvalue weighted by Crippen LogP contribution is 2.36. The van der Waals surface area contributed by atoms with Crippen molar-refractivity contribution in [1.82, 2.24) is 24.5 Å². The molecule has 0 unspecified atom stereocenters. The Kier molecular flexibility index (Phi) is 6.17. The third-order valence-electron chi connectivity index (χ3n) is 4.57. The van der Waals surface area contributed by atoms with Crippen molar-refractivity contribution in [2.24, 2.45) is 7.05 Å². The SMILES string of the molecule is CN(c1cnc2c(c1)nc(N(SF)c1ccc(OC(F)(F)F)cc1)n2C)c1ccnc(Cl)n1. The zero-order valence-electron chi connectivity index (χ0n) is 17.0. The molecule has 3 aromatic heterocycles.